The molecule has 0 radical (unpaired) electrons. The quantitative estimate of drug-likeness (QED) is 0.168. The van der Waals surface area contributed by atoms with E-state index in [1.165, 1.54) is 64.2 Å². The van der Waals surface area contributed by atoms with Crippen molar-refractivity contribution in [2.75, 3.05) is 0 Å². The Morgan fingerprint density at radius 3 is 1.11 bits per heavy atom. The third-order valence-corrected chi connectivity index (χ3v) is 6.94. The van der Waals surface area contributed by atoms with E-state index < -0.39 is 15.1 Å². The van der Waals surface area contributed by atoms with Crippen LogP contribution in [-0.4, -0.2) is 23.0 Å². The van der Waals surface area contributed by atoms with Crippen molar-refractivity contribution in [1.29, 1.82) is 0 Å². The van der Waals surface area contributed by atoms with Gasteiger partial charge in [-0.05, 0) is 25.7 Å². The van der Waals surface area contributed by atoms with Crippen molar-refractivity contribution in [2.45, 2.75) is 141 Å². The molecule has 0 amide bonds. The van der Waals surface area contributed by atoms with Crippen LogP contribution < -0.4 is 0 Å². The maximum atomic E-state index is 11.6. The van der Waals surface area contributed by atoms with Gasteiger partial charge in [-0.15, -0.1) is 0 Å². The van der Waals surface area contributed by atoms with Gasteiger partial charge in [0.1, 0.15) is 0 Å². The fourth-order valence-corrected chi connectivity index (χ4v) is 4.43. The summed E-state index contributed by atoms with van der Waals surface area (Å²) in [4.78, 5) is -1.95. The Labute approximate surface area is 169 Å². The summed E-state index contributed by atoms with van der Waals surface area (Å²) in [6.45, 7) is 4.33. The summed E-state index contributed by atoms with van der Waals surface area (Å²) >= 11 is 0. The van der Waals surface area contributed by atoms with Gasteiger partial charge in [0.15, 0.2) is 4.93 Å². The van der Waals surface area contributed by atoms with Gasteiger partial charge in [-0.25, -0.2) is 0 Å². The minimum atomic E-state index is -4.41. The van der Waals surface area contributed by atoms with Crippen LogP contribution in [0.4, 0.5) is 0 Å². The summed E-state index contributed by atoms with van der Waals surface area (Å²) < 4.78 is 32.6. The Bertz CT molecular complexity index is 422. The highest BCUT2D eigenvalue weighted by molar-refractivity contribution is 7.87. The second kappa shape index (κ2) is 16.8. The number of hydrogen-bond donors (Lipinski definition) is 2. The molecule has 0 aromatic carbocycles. The van der Waals surface area contributed by atoms with Crippen LogP contribution >= 0.6 is 0 Å². The van der Waals surface area contributed by atoms with E-state index >= 15 is 0 Å². The molecule has 4 nitrogen and oxygen atoms in total. The molecule has 27 heavy (non-hydrogen) atoms. The van der Waals surface area contributed by atoms with Crippen molar-refractivity contribution < 1.29 is 18.1 Å². The van der Waals surface area contributed by atoms with Crippen LogP contribution in [-0.2, 0) is 10.1 Å². The maximum Gasteiger partial charge on any atom is 0.294 e. The number of unbranched alkanes of at least 4 members (excludes halogenated alkanes) is 15. The molecule has 164 valence electrons. The summed E-state index contributed by atoms with van der Waals surface area (Å²) in [5.41, 5.74) is 0. The highest BCUT2D eigenvalue weighted by Crippen LogP contribution is 2.28. The second-order valence-electron chi connectivity index (χ2n) is 8.22. The summed E-state index contributed by atoms with van der Waals surface area (Å²) in [5, 5.41) is 10.4. The lowest BCUT2D eigenvalue weighted by Crippen LogP contribution is -2.38. The van der Waals surface area contributed by atoms with Crippen molar-refractivity contribution in [3.63, 3.8) is 0 Å². The molecule has 0 aliphatic heterocycles. The highest BCUT2D eigenvalue weighted by Gasteiger charge is 2.39. The van der Waals surface area contributed by atoms with Crippen molar-refractivity contribution >= 4 is 10.1 Å². The Hall–Kier alpha value is -0.130. The van der Waals surface area contributed by atoms with Gasteiger partial charge in [0.25, 0.3) is 10.1 Å². The molecule has 2 N–H and O–H groups in total. The fourth-order valence-electron chi connectivity index (χ4n) is 3.63. The van der Waals surface area contributed by atoms with Gasteiger partial charge in [-0.2, -0.15) is 8.42 Å². The number of rotatable bonds is 20. The summed E-state index contributed by atoms with van der Waals surface area (Å²) in [7, 11) is -4.41. The molecule has 5 heteroatoms. The van der Waals surface area contributed by atoms with E-state index in [0.29, 0.717) is 12.8 Å². The molecule has 0 aromatic rings. The number of hydrogen-bond acceptors (Lipinski definition) is 3. The topological polar surface area (TPSA) is 74.6 Å². The van der Waals surface area contributed by atoms with Gasteiger partial charge < -0.3 is 5.11 Å². The second-order valence-corrected chi connectivity index (χ2v) is 9.93. The zero-order valence-corrected chi connectivity index (χ0v) is 18.9. The third kappa shape index (κ3) is 14.5. The first-order valence-electron chi connectivity index (χ1n) is 11.6. The standard InChI is InChI=1S/C22H46O4S/c1-3-5-7-9-10-11-12-13-14-15-16-17-19-21-22(23,27(24,25)26)20-18-8-6-4-2/h23H,3-21H2,1-2H3,(H,24,25,26). The van der Waals surface area contributed by atoms with Gasteiger partial charge in [0.05, 0.1) is 0 Å². The molecule has 0 aliphatic carbocycles. The first-order chi connectivity index (χ1) is 12.9. The lowest BCUT2D eigenvalue weighted by atomic mass is 10.0. The molecule has 1 unspecified atom stereocenters. The van der Waals surface area contributed by atoms with E-state index in [4.69, 9.17) is 0 Å². The van der Waals surface area contributed by atoms with Crippen LogP contribution in [0.5, 0.6) is 0 Å². The summed E-state index contributed by atoms with van der Waals surface area (Å²) in [6, 6.07) is 0. The van der Waals surface area contributed by atoms with Crippen molar-refractivity contribution in [1.82, 2.24) is 0 Å². The van der Waals surface area contributed by atoms with E-state index in [1.54, 1.807) is 0 Å². The van der Waals surface area contributed by atoms with E-state index in [2.05, 4.69) is 13.8 Å². The largest absolute Gasteiger partial charge is 0.372 e. The number of aliphatic hydroxyl groups is 1. The molecule has 0 saturated carbocycles. The molecule has 0 heterocycles. The van der Waals surface area contributed by atoms with Crippen molar-refractivity contribution in [2.24, 2.45) is 0 Å². The van der Waals surface area contributed by atoms with Crippen LogP contribution in [0.15, 0.2) is 0 Å². The van der Waals surface area contributed by atoms with Crippen molar-refractivity contribution in [3.05, 3.63) is 0 Å². The Kier molecular flexibility index (Phi) is 16.7. The van der Waals surface area contributed by atoms with E-state index in [0.717, 1.165) is 32.1 Å². The van der Waals surface area contributed by atoms with Crippen LogP contribution in [0.1, 0.15) is 136 Å². The van der Waals surface area contributed by atoms with Gasteiger partial charge in [-0.3, -0.25) is 4.55 Å². The van der Waals surface area contributed by atoms with E-state index in [9.17, 15) is 18.1 Å². The summed E-state index contributed by atoms with van der Waals surface area (Å²) in [5.74, 6) is 0. The van der Waals surface area contributed by atoms with E-state index in [1.807, 2.05) is 0 Å². The first-order valence-corrected chi connectivity index (χ1v) is 13.0. The zero-order valence-electron chi connectivity index (χ0n) is 18.1. The average molecular weight is 407 g/mol. The fraction of sp³-hybridized carbons (Fsp3) is 1.00. The minimum absolute atomic E-state index is 0.143. The molecule has 0 rings (SSSR count). The smallest absolute Gasteiger partial charge is 0.294 e. The van der Waals surface area contributed by atoms with Gasteiger partial charge in [-0.1, -0.05) is 110 Å². The molecular weight excluding hydrogens is 360 g/mol. The molecular formula is C22H46O4S. The molecule has 0 fully saturated rings. The van der Waals surface area contributed by atoms with E-state index in [-0.39, 0.29) is 12.8 Å². The minimum Gasteiger partial charge on any atom is -0.372 e. The third-order valence-electron chi connectivity index (χ3n) is 5.57. The summed E-state index contributed by atoms with van der Waals surface area (Å²) in [6.07, 6.45) is 19.8. The highest BCUT2D eigenvalue weighted by atomic mass is 32.2. The van der Waals surface area contributed by atoms with Crippen LogP contribution in [0.2, 0.25) is 0 Å². The normalized spacial score (nSPS) is 14.4. The molecule has 0 aromatic heterocycles. The monoisotopic (exact) mass is 406 g/mol. The lowest BCUT2D eigenvalue weighted by Gasteiger charge is -2.24. The first kappa shape index (κ1) is 26.9. The molecule has 0 spiro atoms. The molecule has 0 saturated heterocycles. The SMILES string of the molecule is CCCCCCCCCCCCCCCC(O)(CCCCCC)S(=O)(=O)O. The molecule has 0 bridgehead atoms. The predicted molar refractivity (Wildman–Crippen MR) is 116 cm³/mol. The van der Waals surface area contributed by atoms with Crippen LogP contribution in [0.25, 0.3) is 0 Å². The average Bonchev–Trinajstić information content (AvgIpc) is 2.62. The molecule has 0 aliphatic rings. The van der Waals surface area contributed by atoms with Crippen molar-refractivity contribution in [3.8, 4) is 0 Å². The lowest BCUT2D eigenvalue weighted by molar-refractivity contribution is 0.0884. The zero-order chi connectivity index (χ0) is 20.4. The van der Waals surface area contributed by atoms with Gasteiger partial charge in [0, 0.05) is 0 Å². The maximum absolute atomic E-state index is 11.6. The van der Waals surface area contributed by atoms with Gasteiger partial charge in [0.2, 0.25) is 0 Å². The Morgan fingerprint density at radius 2 is 0.815 bits per heavy atom. The Morgan fingerprint density at radius 1 is 0.556 bits per heavy atom. The van der Waals surface area contributed by atoms with Crippen LogP contribution in [0.3, 0.4) is 0 Å². The van der Waals surface area contributed by atoms with Gasteiger partial charge >= 0.3 is 0 Å². The predicted octanol–water partition coefficient (Wildman–Crippen LogP) is 7.01. The van der Waals surface area contributed by atoms with Crippen LogP contribution in [0, 0.1) is 0 Å². The molecule has 1 atom stereocenters. The Balaban J connectivity index is 3.71.